The molecule has 0 spiro atoms. The van der Waals surface area contributed by atoms with Gasteiger partial charge in [0.25, 0.3) is 0 Å². The van der Waals surface area contributed by atoms with Crippen LogP contribution in [0.5, 0.6) is 0 Å². The second-order valence-corrected chi connectivity index (χ2v) is 28.5. The van der Waals surface area contributed by atoms with Gasteiger partial charge in [0.15, 0.2) is 0 Å². The number of carbonyl (C=O) groups is 2. The van der Waals surface area contributed by atoms with Crippen LogP contribution in [0, 0.1) is 0 Å². The Hall–Kier alpha value is -1.40. The summed E-state index contributed by atoms with van der Waals surface area (Å²) in [6.07, 6.45) is 98.9. The number of ether oxygens (including phenoxy) is 1. The van der Waals surface area contributed by atoms with Crippen LogP contribution in [0.2, 0.25) is 0 Å². The molecule has 0 rings (SSSR count). The summed E-state index contributed by atoms with van der Waals surface area (Å²) in [6.45, 7) is 5.02. The standard InChI is InChI=1S/C82H161NO5/c1-3-5-7-9-11-13-15-17-19-42-46-50-54-58-62-66-70-74-80(85)79(78-84)83-81(86)75-71-67-63-59-55-51-47-44-40-38-36-34-32-30-28-26-24-22-21-23-25-27-29-31-33-35-37-39-41-45-49-53-57-61-65-69-73-77-88-82(87)76-72-68-64-60-56-52-48-43-20-18-16-14-12-10-8-6-4-2/h21,23,79-80,84-85H,3-20,22,24-78H2,1-2H3,(H,83,86)/b23-21-. The third kappa shape index (κ3) is 73.6. The van der Waals surface area contributed by atoms with Gasteiger partial charge in [-0.2, -0.15) is 0 Å². The fraction of sp³-hybridized carbons (Fsp3) is 0.951. The molecule has 0 heterocycles. The maximum Gasteiger partial charge on any atom is 0.305 e. The van der Waals surface area contributed by atoms with Gasteiger partial charge in [-0.3, -0.25) is 9.59 Å². The molecule has 524 valence electrons. The number of esters is 1. The molecule has 0 radical (unpaired) electrons. The van der Waals surface area contributed by atoms with Crippen LogP contribution in [0.1, 0.15) is 476 Å². The summed E-state index contributed by atoms with van der Waals surface area (Å²) >= 11 is 0. The monoisotopic (exact) mass is 1240 g/mol. The molecular weight excluding hydrogens is 1080 g/mol. The maximum atomic E-state index is 12.5. The predicted molar refractivity (Wildman–Crippen MR) is 389 cm³/mol. The topological polar surface area (TPSA) is 95.9 Å². The Morgan fingerprint density at radius 3 is 0.807 bits per heavy atom. The van der Waals surface area contributed by atoms with E-state index in [0.29, 0.717) is 25.9 Å². The Morgan fingerprint density at radius 2 is 0.534 bits per heavy atom. The number of amides is 1. The summed E-state index contributed by atoms with van der Waals surface area (Å²) < 4.78 is 5.52. The smallest absolute Gasteiger partial charge is 0.305 e. The van der Waals surface area contributed by atoms with Gasteiger partial charge in [0.2, 0.25) is 5.91 Å². The minimum Gasteiger partial charge on any atom is -0.466 e. The van der Waals surface area contributed by atoms with Crippen molar-refractivity contribution in [1.82, 2.24) is 5.32 Å². The maximum absolute atomic E-state index is 12.5. The van der Waals surface area contributed by atoms with Crippen molar-refractivity contribution in [2.24, 2.45) is 0 Å². The number of hydrogen-bond acceptors (Lipinski definition) is 5. The van der Waals surface area contributed by atoms with Crippen molar-refractivity contribution in [3.63, 3.8) is 0 Å². The Balaban J connectivity index is 3.31. The van der Waals surface area contributed by atoms with Crippen molar-refractivity contribution in [1.29, 1.82) is 0 Å². The van der Waals surface area contributed by atoms with E-state index in [1.165, 1.54) is 405 Å². The highest BCUT2D eigenvalue weighted by Crippen LogP contribution is 2.21. The van der Waals surface area contributed by atoms with Gasteiger partial charge in [-0.15, -0.1) is 0 Å². The van der Waals surface area contributed by atoms with E-state index in [-0.39, 0.29) is 18.5 Å². The first kappa shape index (κ1) is 86.6. The first-order valence-corrected chi connectivity index (χ1v) is 40.9. The summed E-state index contributed by atoms with van der Waals surface area (Å²) in [5.74, 6) is 0.000476. The van der Waals surface area contributed by atoms with E-state index in [9.17, 15) is 19.8 Å². The normalized spacial score (nSPS) is 12.5. The molecule has 6 heteroatoms. The molecule has 3 N–H and O–H groups in total. The van der Waals surface area contributed by atoms with Crippen LogP contribution in [0.25, 0.3) is 0 Å². The van der Waals surface area contributed by atoms with Crippen molar-refractivity contribution in [3.05, 3.63) is 12.2 Å². The molecule has 0 bridgehead atoms. The Bertz CT molecular complexity index is 1340. The molecule has 2 atom stereocenters. The number of carbonyl (C=O) groups excluding carboxylic acids is 2. The molecule has 2 unspecified atom stereocenters. The Morgan fingerprint density at radius 1 is 0.307 bits per heavy atom. The molecule has 0 aliphatic carbocycles. The molecule has 0 aliphatic rings. The molecular formula is C82H161NO5. The Labute approximate surface area is 552 Å². The van der Waals surface area contributed by atoms with Crippen molar-refractivity contribution in [2.45, 2.75) is 488 Å². The minimum absolute atomic E-state index is 0.0262. The lowest BCUT2D eigenvalue weighted by molar-refractivity contribution is -0.143. The number of nitrogens with one attached hydrogen (secondary N) is 1. The first-order valence-electron chi connectivity index (χ1n) is 40.9. The van der Waals surface area contributed by atoms with Crippen LogP contribution in [0.15, 0.2) is 12.2 Å². The number of unbranched alkanes of at least 4 members (excludes halogenated alkanes) is 65. The van der Waals surface area contributed by atoms with E-state index in [1.54, 1.807) is 0 Å². The van der Waals surface area contributed by atoms with E-state index in [4.69, 9.17) is 4.74 Å². The number of aliphatic hydroxyl groups excluding tert-OH is 2. The third-order valence-corrected chi connectivity index (χ3v) is 19.6. The molecule has 0 aromatic carbocycles. The lowest BCUT2D eigenvalue weighted by Gasteiger charge is -2.22. The predicted octanol–water partition coefficient (Wildman–Crippen LogP) is 27.1. The van der Waals surface area contributed by atoms with Gasteiger partial charge in [-0.05, 0) is 51.4 Å². The third-order valence-electron chi connectivity index (χ3n) is 19.6. The van der Waals surface area contributed by atoms with Crippen LogP contribution in [0.4, 0.5) is 0 Å². The summed E-state index contributed by atoms with van der Waals surface area (Å²) in [6, 6.07) is -0.538. The van der Waals surface area contributed by atoms with E-state index in [2.05, 4.69) is 31.3 Å². The molecule has 0 saturated heterocycles. The van der Waals surface area contributed by atoms with E-state index in [0.717, 1.165) is 38.5 Å². The van der Waals surface area contributed by atoms with Crippen molar-refractivity contribution in [3.8, 4) is 0 Å². The van der Waals surface area contributed by atoms with Gasteiger partial charge in [0.1, 0.15) is 0 Å². The largest absolute Gasteiger partial charge is 0.466 e. The molecule has 0 fully saturated rings. The molecule has 0 aromatic heterocycles. The van der Waals surface area contributed by atoms with Gasteiger partial charge < -0.3 is 20.3 Å². The van der Waals surface area contributed by atoms with Gasteiger partial charge >= 0.3 is 5.97 Å². The average molecular weight is 1240 g/mol. The molecule has 6 nitrogen and oxygen atoms in total. The van der Waals surface area contributed by atoms with Crippen LogP contribution in [0.3, 0.4) is 0 Å². The summed E-state index contributed by atoms with van der Waals surface area (Å²) in [4.78, 5) is 24.7. The fourth-order valence-corrected chi connectivity index (χ4v) is 13.3. The van der Waals surface area contributed by atoms with E-state index >= 15 is 0 Å². The Kier molecular flexibility index (Phi) is 76.8. The highest BCUT2D eigenvalue weighted by molar-refractivity contribution is 5.76. The molecule has 0 saturated carbocycles. The van der Waals surface area contributed by atoms with Gasteiger partial charge in [0, 0.05) is 12.8 Å². The van der Waals surface area contributed by atoms with Crippen molar-refractivity contribution >= 4 is 11.9 Å². The lowest BCUT2D eigenvalue weighted by Crippen LogP contribution is -2.45. The van der Waals surface area contributed by atoms with E-state index in [1.807, 2.05) is 0 Å². The second-order valence-electron chi connectivity index (χ2n) is 28.5. The highest BCUT2D eigenvalue weighted by Gasteiger charge is 2.20. The second kappa shape index (κ2) is 78.0. The molecule has 88 heavy (non-hydrogen) atoms. The van der Waals surface area contributed by atoms with Gasteiger partial charge in [-0.1, -0.05) is 424 Å². The van der Waals surface area contributed by atoms with Gasteiger partial charge in [0.05, 0.1) is 25.4 Å². The molecule has 0 aromatic rings. The lowest BCUT2D eigenvalue weighted by atomic mass is 10.0. The molecule has 0 aliphatic heterocycles. The molecule has 1 amide bonds. The van der Waals surface area contributed by atoms with Crippen molar-refractivity contribution in [2.75, 3.05) is 13.2 Å². The van der Waals surface area contributed by atoms with Crippen LogP contribution < -0.4 is 5.32 Å². The summed E-state index contributed by atoms with van der Waals surface area (Å²) in [7, 11) is 0. The number of hydrogen-bond donors (Lipinski definition) is 3. The fourth-order valence-electron chi connectivity index (χ4n) is 13.3. The van der Waals surface area contributed by atoms with Crippen LogP contribution in [-0.4, -0.2) is 47.4 Å². The average Bonchev–Trinajstić information content (AvgIpc) is 3.58. The minimum atomic E-state index is -0.661. The SMILES string of the molecule is CCCCCCCCCCCCCCCCCCCC(=O)OCCCCCCCCCCCCCCCCCC/C=C\CCCCCCCCCCCCCCCCCCCC(=O)NC(CO)C(O)CCCCCCCCCCCCCCCCCCC. The number of aliphatic hydroxyl groups is 2. The zero-order valence-corrected chi connectivity index (χ0v) is 60.3. The first-order chi connectivity index (χ1) is 43.5. The van der Waals surface area contributed by atoms with Crippen LogP contribution >= 0.6 is 0 Å². The summed E-state index contributed by atoms with van der Waals surface area (Å²) in [5.41, 5.74) is 0. The number of allylic oxidation sites excluding steroid dienone is 2. The zero-order chi connectivity index (χ0) is 63.5. The zero-order valence-electron chi connectivity index (χ0n) is 60.3. The number of rotatable bonds is 78. The summed E-state index contributed by atoms with van der Waals surface area (Å²) in [5, 5.41) is 23.4. The quantitative estimate of drug-likeness (QED) is 0.0320. The van der Waals surface area contributed by atoms with Gasteiger partial charge in [-0.25, -0.2) is 0 Å². The van der Waals surface area contributed by atoms with E-state index < -0.39 is 12.1 Å². The highest BCUT2D eigenvalue weighted by atomic mass is 16.5. The van der Waals surface area contributed by atoms with Crippen LogP contribution in [-0.2, 0) is 14.3 Å². The van der Waals surface area contributed by atoms with Crippen molar-refractivity contribution < 1.29 is 24.5 Å².